The number of aryl methyl sites for hydroxylation is 1. The van der Waals surface area contributed by atoms with E-state index in [0.29, 0.717) is 5.82 Å². The van der Waals surface area contributed by atoms with E-state index >= 15 is 0 Å². The molecule has 1 aliphatic heterocycles. The van der Waals surface area contributed by atoms with Crippen LogP contribution in [0, 0.1) is 0 Å². The van der Waals surface area contributed by atoms with Crippen molar-refractivity contribution in [3.63, 3.8) is 0 Å². The molecule has 2 N–H and O–H groups in total. The third-order valence-corrected chi connectivity index (χ3v) is 1.68. The minimum absolute atomic E-state index is 0.104. The predicted octanol–water partition coefficient (Wildman–Crippen LogP) is -0.0540. The highest BCUT2D eigenvalue weighted by molar-refractivity contribution is 5.78. The van der Waals surface area contributed by atoms with E-state index in [1.165, 1.54) is 6.33 Å². The van der Waals surface area contributed by atoms with Gasteiger partial charge in [-0.1, -0.05) is 0 Å². The van der Waals surface area contributed by atoms with Crippen LogP contribution < -0.4 is 5.32 Å². The number of imidazole rings is 1. The van der Waals surface area contributed by atoms with Crippen LogP contribution in [0.5, 0.6) is 0 Å². The van der Waals surface area contributed by atoms with Crippen LogP contribution in [0.1, 0.15) is 5.69 Å². The summed E-state index contributed by atoms with van der Waals surface area (Å²) in [7, 11) is 1.69. The monoisotopic (exact) mass is 170 g/mol. The maximum atomic E-state index is 13.1. The Labute approximate surface area is 67.6 Å². The zero-order chi connectivity index (χ0) is 8.77. The van der Waals surface area contributed by atoms with E-state index < -0.39 is 5.98 Å². The predicted molar refractivity (Wildman–Crippen MR) is 40.3 cm³/mol. The number of hydrogen-bond acceptors (Lipinski definition) is 4. The summed E-state index contributed by atoms with van der Waals surface area (Å²) in [6.07, 6.45) is 2.50. The zero-order valence-electron chi connectivity index (χ0n) is 6.32. The quantitative estimate of drug-likeness (QED) is 0.536. The summed E-state index contributed by atoms with van der Waals surface area (Å²) in [5.41, 5.74) is -0.104. The Hall–Kier alpha value is -1.43. The van der Waals surface area contributed by atoms with Crippen molar-refractivity contribution in [3.05, 3.63) is 12.0 Å². The number of aliphatic imine (C=N–C) groups is 1. The van der Waals surface area contributed by atoms with Crippen molar-refractivity contribution >= 4 is 12.2 Å². The highest BCUT2D eigenvalue weighted by Gasteiger charge is 2.36. The number of aromatic nitrogens is 2. The fourth-order valence-electron chi connectivity index (χ4n) is 1.07. The lowest BCUT2D eigenvalue weighted by atomic mass is 10.3. The summed E-state index contributed by atoms with van der Waals surface area (Å²) in [6, 6.07) is 0. The molecule has 12 heavy (non-hydrogen) atoms. The lowest BCUT2D eigenvalue weighted by Crippen LogP contribution is -2.24. The van der Waals surface area contributed by atoms with E-state index in [-0.39, 0.29) is 5.69 Å². The van der Waals surface area contributed by atoms with Gasteiger partial charge in [-0.3, -0.25) is 0 Å². The first kappa shape index (κ1) is 7.23. The van der Waals surface area contributed by atoms with Crippen LogP contribution in [0.4, 0.5) is 10.2 Å². The number of anilines is 1. The van der Waals surface area contributed by atoms with Crippen molar-refractivity contribution in [2.75, 3.05) is 5.32 Å². The first-order valence-corrected chi connectivity index (χ1v) is 3.34. The molecule has 1 atom stereocenters. The van der Waals surface area contributed by atoms with Crippen molar-refractivity contribution in [2.24, 2.45) is 12.0 Å². The third kappa shape index (κ3) is 0.814. The molecule has 2 heterocycles. The number of fused-ring (bicyclic) bond motifs is 1. The van der Waals surface area contributed by atoms with E-state index in [9.17, 15) is 4.39 Å². The van der Waals surface area contributed by atoms with Crippen molar-refractivity contribution in [1.82, 2.24) is 9.55 Å². The van der Waals surface area contributed by atoms with Gasteiger partial charge in [0.2, 0.25) is 0 Å². The molecule has 0 saturated heterocycles. The van der Waals surface area contributed by atoms with E-state index in [1.54, 1.807) is 11.6 Å². The van der Waals surface area contributed by atoms with Gasteiger partial charge in [0.05, 0.1) is 12.7 Å². The van der Waals surface area contributed by atoms with E-state index in [1.807, 2.05) is 0 Å². The Balaban J connectivity index is 2.59. The smallest absolute Gasteiger partial charge is 0.339 e. The maximum Gasteiger partial charge on any atom is 0.354 e. The number of alkyl halides is 1. The second-order valence-corrected chi connectivity index (χ2v) is 2.54. The molecular weight excluding hydrogens is 163 g/mol. The molecule has 1 unspecified atom stereocenters. The average molecular weight is 170 g/mol. The third-order valence-electron chi connectivity index (χ3n) is 1.68. The lowest BCUT2D eigenvalue weighted by molar-refractivity contribution is -0.0895. The molecule has 0 spiro atoms. The molecule has 0 amide bonds. The molecule has 0 aromatic carbocycles. The SMILES string of the molecule is Cn1cnc2c1NC=NC2(O)F. The van der Waals surface area contributed by atoms with E-state index in [4.69, 9.17) is 5.11 Å². The summed E-state index contributed by atoms with van der Waals surface area (Å²) in [5.74, 6) is -2.28. The van der Waals surface area contributed by atoms with Crippen molar-refractivity contribution in [3.8, 4) is 0 Å². The van der Waals surface area contributed by atoms with Gasteiger partial charge in [0.25, 0.3) is 0 Å². The minimum atomic E-state index is -2.69. The summed E-state index contributed by atoms with van der Waals surface area (Å²) in [5, 5.41) is 11.7. The number of aliphatic hydroxyl groups is 1. The van der Waals surface area contributed by atoms with Crippen LogP contribution in [-0.2, 0) is 13.0 Å². The molecule has 64 valence electrons. The number of nitrogens with zero attached hydrogens (tertiary/aromatic N) is 3. The van der Waals surface area contributed by atoms with Gasteiger partial charge in [0.15, 0.2) is 5.69 Å². The van der Waals surface area contributed by atoms with Crippen LogP contribution in [0.25, 0.3) is 0 Å². The highest BCUT2D eigenvalue weighted by atomic mass is 19.2. The first-order valence-electron chi connectivity index (χ1n) is 3.34. The summed E-state index contributed by atoms with van der Waals surface area (Å²) in [6.45, 7) is 0. The Kier molecular flexibility index (Phi) is 1.23. The molecule has 0 radical (unpaired) electrons. The molecule has 6 heteroatoms. The van der Waals surface area contributed by atoms with E-state index in [0.717, 1.165) is 6.34 Å². The highest BCUT2D eigenvalue weighted by Crippen LogP contribution is 2.31. The number of nitrogens with one attached hydrogen (secondary N) is 1. The molecule has 0 aliphatic carbocycles. The average Bonchev–Trinajstić information content (AvgIpc) is 2.33. The van der Waals surface area contributed by atoms with Gasteiger partial charge >= 0.3 is 5.98 Å². The number of halogens is 1. The second-order valence-electron chi connectivity index (χ2n) is 2.54. The fourth-order valence-corrected chi connectivity index (χ4v) is 1.07. The lowest BCUT2D eigenvalue weighted by Gasteiger charge is -2.17. The Morgan fingerprint density at radius 2 is 2.50 bits per heavy atom. The van der Waals surface area contributed by atoms with Gasteiger partial charge in [0.1, 0.15) is 5.82 Å². The van der Waals surface area contributed by atoms with Gasteiger partial charge in [-0.2, -0.15) is 4.39 Å². The van der Waals surface area contributed by atoms with Gasteiger partial charge < -0.3 is 15.0 Å². The van der Waals surface area contributed by atoms with E-state index in [2.05, 4.69) is 15.3 Å². The second kappa shape index (κ2) is 2.04. The van der Waals surface area contributed by atoms with Crippen molar-refractivity contribution < 1.29 is 9.50 Å². The molecule has 1 aromatic heterocycles. The first-order chi connectivity index (χ1) is 5.61. The molecule has 0 bridgehead atoms. The fraction of sp³-hybridized carbons (Fsp3) is 0.333. The van der Waals surface area contributed by atoms with Crippen molar-refractivity contribution in [1.29, 1.82) is 0 Å². The standard InChI is InChI=1S/C6H7FN4O/c1-11-3-9-4-5(11)8-2-10-6(4,7)12/h2-3,12H,1H3,(H,8,10). The Morgan fingerprint density at radius 3 is 3.17 bits per heavy atom. The van der Waals surface area contributed by atoms with Gasteiger partial charge in [-0.25, -0.2) is 9.98 Å². The molecule has 5 nitrogen and oxygen atoms in total. The molecular formula is C6H7FN4O. The van der Waals surface area contributed by atoms with Crippen LogP contribution in [-0.4, -0.2) is 21.0 Å². The Bertz CT molecular complexity index is 343. The normalized spacial score (nSPS) is 26.6. The molecule has 0 saturated carbocycles. The summed E-state index contributed by atoms with van der Waals surface area (Å²) >= 11 is 0. The number of rotatable bonds is 0. The summed E-state index contributed by atoms with van der Waals surface area (Å²) < 4.78 is 14.7. The molecule has 1 aromatic rings. The summed E-state index contributed by atoms with van der Waals surface area (Å²) in [4.78, 5) is 6.86. The van der Waals surface area contributed by atoms with Gasteiger partial charge in [0, 0.05) is 7.05 Å². The number of hydrogen-bond donors (Lipinski definition) is 2. The van der Waals surface area contributed by atoms with Crippen LogP contribution in [0.15, 0.2) is 11.3 Å². The Morgan fingerprint density at radius 1 is 1.75 bits per heavy atom. The van der Waals surface area contributed by atoms with Crippen LogP contribution in [0.2, 0.25) is 0 Å². The maximum absolute atomic E-state index is 13.1. The largest absolute Gasteiger partial charge is 0.354 e. The van der Waals surface area contributed by atoms with Crippen LogP contribution in [0.3, 0.4) is 0 Å². The minimum Gasteiger partial charge on any atom is -0.339 e. The molecule has 2 rings (SSSR count). The molecule has 1 aliphatic rings. The zero-order valence-corrected chi connectivity index (χ0v) is 6.32. The topological polar surface area (TPSA) is 62.4 Å². The van der Waals surface area contributed by atoms with Gasteiger partial charge in [-0.15, -0.1) is 0 Å². The van der Waals surface area contributed by atoms with Gasteiger partial charge in [-0.05, 0) is 0 Å². The molecule has 0 fully saturated rings. The van der Waals surface area contributed by atoms with Crippen LogP contribution >= 0.6 is 0 Å². The van der Waals surface area contributed by atoms with Crippen molar-refractivity contribution in [2.45, 2.75) is 5.98 Å².